The van der Waals surface area contributed by atoms with Crippen LogP contribution in [0.4, 0.5) is 0 Å². The maximum atomic E-state index is 2.45. The lowest BCUT2D eigenvalue weighted by Gasteiger charge is -2.11. The van der Waals surface area contributed by atoms with Crippen molar-refractivity contribution in [3.63, 3.8) is 0 Å². The zero-order chi connectivity index (χ0) is 27.8. The summed E-state index contributed by atoms with van der Waals surface area (Å²) < 4.78 is 1.29. The van der Waals surface area contributed by atoms with Gasteiger partial charge in [0.15, 0.2) is 0 Å². The standard InChI is InChI=1S/C40H29I/c1-27-18-36(30-9-3-2-4-10-30)25-37(19-27)31-12-7-8-28(21-31)20-29-14-15-33-23-34(17-16-32(33)22-29)38-24-35-11-5-6-13-39(35)40(41)26-38/h2-19,21-26H,20H2,1H3. The van der Waals surface area contributed by atoms with E-state index < -0.39 is 0 Å². The van der Waals surface area contributed by atoms with Crippen molar-refractivity contribution in [1.82, 2.24) is 0 Å². The van der Waals surface area contributed by atoms with Crippen LogP contribution in [0, 0.1) is 10.5 Å². The van der Waals surface area contributed by atoms with Crippen molar-refractivity contribution < 1.29 is 0 Å². The average molecular weight is 637 g/mol. The van der Waals surface area contributed by atoms with Gasteiger partial charge in [0.25, 0.3) is 0 Å². The van der Waals surface area contributed by atoms with Gasteiger partial charge in [-0.2, -0.15) is 0 Å². The van der Waals surface area contributed by atoms with Crippen molar-refractivity contribution in [2.24, 2.45) is 0 Å². The van der Waals surface area contributed by atoms with Gasteiger partial charge in [-0.25, -0.2) is 0 Å². The maximum Gasteiger partial charge on any atom is 0.0214 e. The van der Waals surface area contributed by atoms with E-state index in [-0.39, 0.29) is 0 Å². The van der Waals surface area contributed by atoms with Gasteiger partial charge < -0.3 is 0 Å². The molecule has 0 aliphatic rings. The minimum absolute atomic E-state index is 0.908. The fraction of sp³-hybridized carbons (Fsp3) is 0.0500. The van der Waals surface area contributed by atoms with Crippen LogP contribution in [0.25, 0.3) is 54.9 Å². The van der Waals surface area contributed by atoms with Gasteiger partial charge in [0, 0.05) is 3.57 Å². The van der Waals surface area contributed by atoms with Gasteiger partial charge in [-0.05, 0) is 132 Å². The minimum atomic E-state index is 0.908. The van der Waals surface area contributed by atoms with E-state index in [9.17, 15) is 0 Å². The Balaban J connectivity index is 1.16. The Kier molecular flexibility index (Phi) is 6.90. The summed E-state index contributed by atoms with van der Waals surface area (Å²) >= 11 is 2.45. The first-order valence-corrected chi connectivity index (χ1v) is 15.1. The van der Waals surface area contributed by atoms with Gasteiger partial charge in [-0.15, -0.1) is 0 Å². The Bertz CT molecular complexity index is 2040. The highest BCUT2D eigenvalue weighted by Gasteiger charge is 2.08. The topological polar surface area (TPSA) is 0 Å². The molecule has 0 unspecified atom stereocenters. The second-order valence-corrected chi connectivity index (χ2v) is 12.1. The molecule has 0 aromatic heterocycles. The fourth-order valence-corrected chi connectivity index (χ4v) is 6.69. The average Bonchev–Trinajstić information content (AvgIpc) is 3.01. The zero-order valence-electron chi connectivity index (χ0n) is 22.9. The monoisotopic (exact) mass is 636 g/mol. The first kappa shape index (κ1) is 25.7. The highest BCUT2D eigenvalue weighted by Crippen LogP contribution is 2.32. The van der Waals surface area contributed by atoms with Crippen LogP contribution in [-0.2, 0) is 6.42 Å². The molecule has 0 saturated carbocycles. The molecule has 0 bridgehead atoms. The molecule has 0 fully saturated rings. The second kappa shape index (κ2) is 11.0. The summed E-state index contributed by atoms with van der Waals surface area (Å²) in [7, 11) is 0. The van der Waals surface area contributed by atoms with Crippen molar-refractivity contribution in [2.75, 3.05) is 0 Å². The van der Waals surface area contributed by atoms with E-state index in [0.717, 1.165) is 6.42 Å². The van der Waals surface area contributed by atoms with Crippen molar-refractivity contribution in [3.8, 4) is 33.4 Å². The van der Waals surface area contributed by atoms with Crippen LogP contribution in [0.2, 0.25) is 0 Å². The Hall–Kier alpha value is -4.21. The Labute approximate surface area is 255 Å². The van der Waals surface area contributed by atoms with E-state index in [4.69, 9.17) is 0 Å². The molecule has 7 aromatic carbocycles. The number of hydrogen-bond donors (Lipinski definition) is 0. The molecule has 0 heterocycles. The van der Waals surface area contributed by atoms with E-state index in [1.807, 2.05) is 0 Å². The van der Waals surface area contributed by atoms with Crippen LogP contribution in [0.15, 0.2) is 146 Å². The Morgan fingerprint density at radius 1 is 0.415 bits per heavy atom. The molecule has 0 amide bonds. The molecule has 196 valence electrons. The van der Waals surface area contributed by atoms with E-state index in [2.05, 4.69) is 175 Å². The molecular weight excluding hydrogens is 607 g/mol. The molecule has 41 heavy (non-hydrogen) atoms. The zero-order valence-corrected chi connectivity index (χ0v) is 25.1. The van der Waals surface area contributed by atoms with Crippen LogP contribution >= 0.6 is 22.6 Å². The van der Waals surface area contributed by atoms with Gasteiger partial charge in [0.2, 0.25) is 0 Å². The largest absolute Gasteiger partial charge is 0.0622 e. The summed E-state index contributed by atoms with van der Waals surface area (Å²) in [6.07, 6.45) is 0.908. The lowest BCUT2D eigenvalue weighted by Crippen LogP contribution is -1.91. The molecule has 0 N–H and O–H groups in total. The molecule has 0 spiro atoms. The molecule has 7 rings (SSSR count). The summed E-state index contributed by atoms with van der Waals surface area (Å²) in [5.74, 6) is 0. The van der Waals surface area contributed by atoms with Gasteiger partial charge in [-0.3, -0.25) is 0 Å². The molecular formula is C40H29I. The summed E-state index contributed by atoms with van der Waals surface area (Å²) in [5.41, 5.74) is 11.5. The van der Waals surface area contributed by atoms with Gasteiger partial charge in [0.05, 0.1) is 0 Å². The molecule has 1 heteroatoms. The van der Waals surface area contributed by atoms with Crippen LogP contribution in [0.3, 0.4) is 0 Å². The third-order valence-corrected chi connectivity index (χ3v) is 8.79. The summed E-state index contributed by atoms with van der Waals surface area (Å²) in [6.45, 7) is 2.18. The second-order valence-electron chi connectivity index (χ2n) is 10.9. The van der Waals surface area contributed by atoms with Crippen LogP contribution < -0.4 is 0 Å². The van der Waals surface area contributed by atoms with E-state index >= 15 is 0 Å². The summed E-state index contributed by atoms with van der Waals surface area (Å²) in [6, 6.07) is 53.5. The van der Waals surface area contributed by atoms with Crippen molar-refractivity contribution in [2.45, 2.75) is 13.3 Å². The van der Waals surface area contributed by atoms with E-state index in [0.29, 0.717) is 0 Å². The third kappa shape index (κ3) is 5.42. The normalized spacial score (nSPS) is 11.3. The van der Waals surface area contributed by atoms with Crippen LogP contribution in [0.1, 0.15) is 16.7 Å². The van der Waals surface area contributed by atoms with E-state index in [1.165, 1.54) is 75.2 Å². The SMILES string of the molecule is Cc1cc(-c2ccccc2)cc(-c2cccc(Cc3ccc4cc(-c5cc(I)c6ccccc6c5)ccc4c3)c2)c1. The smallest absolute Gasteiger partial charge is 0.0214 e. The predicted molar refractivity (Wildman–Crippen MR) is 184 cm³/mol. The predicted octanol–water partition coefficient (Wildman–Crippen LogP) is 11.5. The highest BCUT2D eigenvalue weighted by atomic mass is 127. The first-order chi connectivity index (χ1) is 20.1. The number of fused-ring (bicyclic) bond motifs is 2. The third-order valence-electron chi connectivity index (χ3n) is 7.90. The summed E-state index contributed by atoms with van der Waals surface area (Å²) in [4.78, 5) is 0. The molecule has 7 aromatic rings. The molecule has 0 aliphatic heterocycles. The highest BCUT2D eigenvalue weighted by molar-refractivity contribution is 14.1. The molecule has 0 radical (unpaired) electrons. The quantitative estimate of drug-likeness (QED) is 0.165. The lowest BCUT2D eigenvalue weighted by molar-refractivity contribution is 1.20. The van der Waals surface area contributed by atoms with Crippen molar-refractivity contribution in [1.29, 1.82) is 0 Å². The fourth-order valence-electron chi connectivity index (χ4n) is 5.86. The van der Waals surface area contributed by atoms with Gasteiger partial charge in [0.1, 0.15) is 0 Å². The molecule has 0 aliphatic carbocycles. The minimum Gasteiger partial charge on any atom is -0.0622 e. The molecule has 0 nitrogen and oxygen atoms in total. The number of hydrogen-bond acceptors (Lipinski definition) is 0. The maximum absolute atomic E-state index is 2.45. The number of aryl methyl sites for hydroxylation is 1. The number of halogens is 1. The van der Waals surface area contributed by atoms with Gasteiger partial charge in [-0.1, -0.05) is 121 Å². The molecule has 0 atom stereocenters. The first-order valence-electron chi connectivity index (χ1n) is 14.1. The number of benzene rings is 7. The molecule has 0 saturated heterocycles. The van der Waals surface area contributed by atoms with Crippen LogP contribution in [0.5, 0.6) is 0 Å². The van der Waals surface area contributed by atoms with Gasteiger partial charge >= 0.3 is 0 Å². The van der Waals surface area contributed by atoms with Crippen LogP contribution in [-0.4, -0.2) is 0 Å². The van der Waals surface area contributed by atoms with Crippen molar-refractivity contribution >= 4 is 44.1 Å². The summed E-state index contributed by atoms with van der Waals surface area (Å²) in [5, 5.41) is 5.15. The van der Waals surface area contributed by atoms with E-state index in [1.54, 1.807) is 0 Å². The Morgan fingerprint density at radius 2 is 1.05 bits per heavy atom. The van der Waals surface area contributed by atoms with Crippen molar-refractivity contribution in [3.05, 3.63) is 166 Å². The Morgan fingerprint density at radius 3 is 1.93 bits per heavy atom. The number of rotatable bonds is 5. The lowest BCUT2D eigenvalue weighted by atomic mass is 9.94.